The molecule has 0 aliphatic heterocycles. The Morgan fingerprint density at radius 1 is 1.47 bits per heavy atom. The Morgan fingerprint density at radius 2 is 2.21 bits per heavy atom. The Balaban J connectivity index is 2.42. The summed E-state index contributed by atoms with van der Waals surface area (Å²) in [6.45, 7) is 5.94. The highest BCUT2D eigenvalue weighted by Gasteiger charge is 2.24. The lowest BCUT2D eigenvalue weighted by Crippen LogP contribution is -2.21. The molecule has 2 aromatic rings. The topological polar surface area (TPSA) is 80.9 Å². The Kier molecular flexibility index (Phi) is 3.94. The maximum absolute atomic E-state index is 11.0. The highest BCUT2D eigenvalue weighted by molar-refractivity contribution is 7.08. The second kappa shape index (κ2) is 5.48. The first-order valence-corrected chi connectivity index (χ1v) is 6.97. The second-order valence-corrected chi connectivity index (χ2v) is 5.57. The summed E-state index contributed by atoms with van der Waals surface area (Å²) in [5.74, 6) is -0.0711. The lowest BCUT2D eigenvalue weighted by Gasteiger charge is -2.20. The highest BCUT2D eigenvalue weighted by Crippen LogP contribution is 2.29. The minimum absolute atomic E-state index is 0.0128. The fourth-order valence-corrected chi connectivity index (χ4v) is 2.79. The van der Waals surface area contributed by atoms with Gasteiger partial charge in [-0.05, 0) is 34.2 Å². The van der Waals surface area contributed by atoms with Crippen molar-refractivity contribution in [1.29, 1.82) is 0 Å². The lowest BCUT2D eigenvalue weighted by molar-refractivity contribution is -0.138. The van der Waals surface area contributed by atoms with Crippen molar-refractivity contribution in [3.8, 4) is 11.4 Å². The molecule has 0 saturated carbocycles. The van der Waals surface area contributed by atoms with Crippen molar-refractivity contribution in [2.45, 2.75) is 33.2 Å². The van der Waals surface area contributed by atoms with Gasteiger partial charge < -0.3 is 5.11 Å². The Labute approximate surface area is 115 Å². The van der Waals surface area contributed by atoms with Gasteiger partial charge in [0.1, 0.15) is 0 Å². The van der Waals surface area contributed by atoms with E-state index in [-0.39, 0.29) is 18.4 Å². The molecule has 1 N–H and O–H groups in total. The van der Waals surface area contributed by atoms with Crippen molar-refractivity contribution in [3.05, 3.63) is 16.3 Å². The molecule has 0 fully saturated rings. The molecule has 0 radical (unpaired) electrons. The summed E-state index contributed by atoms with van der Waals surface area (Å²) < 4.78 is 1.63. The first kappa shape index (κ1) is 13.7. The average Bonchev–Trinajstić information content (AvgIpc) is 2.93. The number of aliphatic carboxylic acids is 1. The molecule has 0 bridgehead atoms. The maximum atomic E-state index is 11.0. The number of tetrazole rings is 1. The van der Waals surface area contributed by atoms with Gasteiger partial charge in [0.25, 0.3) is 0 Å². The number of carboxylic acids is 1. The lowest BCUT2D eigenvalue weighted by atomic mass is 10.0. The van der Waals surface area contributed by atoms with Crippen LogP contribution in [0.3, 0.4) is 0 Å². The van der Waals surface area contributed by atoms with Gasteiger partial charge >= 0.3 is 5.97 Å². The van der Waals surface area contributed by atoms with E-state index in [4.69, 9.17) is 5.11 Å². The molecule has 1 unspecified atom stereocenters. The molecule has 7 heteroatoms. The van der Waals surface area contributed by atoms with E-state index in [1.54, 1.807) is 16.0 Å². The number of carbonyl (C=O) groups is 1. The highest BCUT2D eigenvalue weighted by atomic mass is 32.1. The fraction of sp³-hybridized carbons (Fsp3) is 0.500. The van der Waals surface area contributed by atoms with Crippen LogP contribution in [-0.2, 0) is 4.79 Å². The number of rotatable bonds is 5. The van der Waals surface area contributed by atoms with Crippen LogP contribution in [0, 0.1) is 12.8 Å². The number of hydrogen-bond donors (Lipinski definition) is 1. The standard InChI is InChI=1S/C12H16N4O2S/c1-7(2)10(4-11(17)18)16-12(13-14-15-16)9-6-19-5-8(9)3/h5-7,10H,4H2,1-3H3,(H,17,18). The van der Waals surface area contributed by atoms with Crippen LogP contribution in [0.4, 0.5) is 0 Å². The molecule has 2 rings (SSSR count). The molecule has 6 nitrogen and oxygen atoms in total. The van der Waals surface area contributed by atoms with Gasteiger partial charge in [0.05, 0.1) is 12.5 Å². The van der Waals surface area contributed by atoms with Gasteiger partial charge in [-0.15, -0.1) is 5.10 Å². The van der Waals surface area contributed by atoms with Crippen molar-refractivity contribution >= 4 is 17.3 Å². The molecule has 102 valence electrons. The van der Waals surface area contributed by atoms with Crippen LogP contribution in [0.25, 0.3) is 11.4 Å². The Hall–Kier alpha value is -1.76. The zero-order valence-corrected chi connectivity index (χ0v) is 11.9. The van der Waals surface area contributed by atoms with E-state index in [0.717, 1.165) is 11.1 Å². The minimum atomic E-state index is -0.845. The third-order valence-corrected chi connectivity index (χ3v) is 3.92. The first-order valence-electron chi connectivity index (χ1n) is 6.03. The van der Waals surface area contributed by atoms with E-state index in [1.165, 1.54) is 0 Å². The van der Waals surface area contributed by atoms with Gasteiger partial charge in [0.15, 0.2) is 5.82 Å². The quantitative estimate of drug-likeness (QED) is 0.909. The average molecular weight is 280 g/mol. The van der Waals surface area contributed by atoms with E-state index in [9.17, 15) is 4.79 Å². The van der Waals surface area contributed by atoms with Crippen molar-refractivity contribution in [3.63, 3.8) is 0 Å². The zero-order chi connectivity index (χ0) is 14.0. The maximum Gasteiger partial charge on any atom is 0.305 e. The van der Waals surface area contributed by atoms with Crippen molar-refractivity contribution in [1.82, 2.24) is 20.2 Å². The Morgan fingerprint density at radius 3 is 2.74 bits per heavy atom. The summed E-state index contributed by atoms with van der Waals surface area (Å²) in [5.41, 5.74) is 2.06. The fourth-order valence-electron chi connectivity index (χ4n) is 1.97. The molecule has 2 heterocycles. The summed E-state index contributed by atoms with van der Waals surface area (Å²) in [4.78, 5) is 11.0. The monoisotopic (exact) mass is 280 g/mol. The van der Waals surface area contributed by atoms with Gasteiger partial charge in [0, 0.05) is 10.9 Å². The van der Waals surface area contributed by atoms with E-state index in [1.807, 2.05) is 31.5 Å². The van der Waals surface area contributed by atoms with Crippen LogP contribution in [0.2, 0.25) is 0 Å². The van der Waals surface area contributed by atoms with E-state index < -0.39 is 5.97 Å². The third kappa shape index (κ3) is 2.81. The van der Waals surface area contributed by atoms with Gasteiger partial charge in [-0.2, -0.15) is 11.3 Å². The van der Waals surface area contributed by atoms with Crippen molar-refractivity contribution in [2.75, 3.05) is 0 Å². The van der Waals surface area contributed by atoms with E-state index in [0.29, 0.717) is 5.82 Å². The number of carboxylic acid groups (broad SMARTS) is 1. The summed E-state index contributed by atoms with van der Waals surface area (Å²) in [5, 5.41) is 24.8. The van der Waals surface area contributed by atoms with E-state index in [2.05, 4.69) is 15.5 Å². The van der Waals surface area contributed by atoms with Crippen LogP contribution in [0.15, 0.2) is 10.8 Å². The largest absolute Gasteiger partial charge is 0.481 e. The smallest absolute Gasteiger partial charge is 0.305 e. The third-order valence-electron chi connectivity index (χ3n) is 3.06. The molecule has 0 spiro atoms. The molecule has 1 atom stereocenters. The van der Waals surface area contributed by atoms with Gasteiger partial charge in [-0.25, -0.2) is 4.68 Å². The summed E-state index contributed by atoms with van der Waals surface area (Å²) in [7, 11) is 0. The van der Waals surface area contributed by atoms with Crippen LogP contribution in [0.5, 0.6) is 0 Å². The van der Waals surface area contributed by atoms with Crippen LogP contribution < -0.4 is 0 Å². The Bertz CT molecular complexity index is 576. The van der Waals surface area contributed by atoms with Crippen LogP contribution in [0.1, 0.15) is 31.9 Å². The normalized spacial score (nSPS) is 12.8. The molecule has 0 amide bonds. The van der Waals surface area contributed by atoms with Gasteiger partial charge in [-0.3, -0.25) is 4.79 Å². The molecular weight excluding hydrogens is 264 g/mol. The SMILES string of the molecule is Cc1cscc1-c1nnnn1C(CC(=O)O)C(C)C. The van der Waals surface area contributed by atoms with E-state index >= 15 is 0 Å². The van der Waals surface area contributed by atoms with Crippen molar-refractivity contribution in [2.24, 2.45) is 5.92 Å². The van der Waals surface area contributed by atoms with Crippen LogP contribution >= 0.6 is 11.3 Å². The number of hydrogen-bond acceptors (Lipinski definition) is 5. The first-order chi connectivity index (χ1) is 9.00. The molecule has 0 aromatic carbocycles. The molecule has 19 heavy (non-hydrogen) atoms. The second-order valence-electron chi connectivity index (χ2n) is 4.82. The summed E-state index contributed by atoms with van der Waals surface area (Å²) in [6, 6.07) is -0.248. The van der Waals surface area contributed by atoms with Crippen molar-refractivity contribution < 1.29 is 9.90 Å². The zero-order valence-electron chi connectivity index (χ0n) is 11.1. The number of aryl methyl sites for hydroxylation is 1. The number of aromatic nitrogens is 4. The van der Waals surface area contributed by atoms with Crippen LogP contribution in [-0.4, -0.2) is 31.3 Å². The summed E-state index contributed by atoms with van der Waals surface area (Å²) in [6.07, 6.45) is 0.0128. The molecule has 0 saturated heterocycles. The molecular formula is C12H16N4O2S. The molecule has 2 aromatic heterocycles. The molecule has 0 aliphatic carbocycles. The predicted molar refractivity (Wildman–Crippen MR) is 72.0 cm³/mol. The number of thiophene rings is 1. The summed E-state index contributed by atoms with van der Waals surface area (Å²) >= 11 is 1.58. The predicted octanol–water partition coefficient (Wildman–Crippen LogP) is 2.38. The number of nitrogens with zero attached hydrogens (tertiary/aromatic N) is 4. The minimum Gasteiger partial charge on any atom is -0.481 e. The van der Waals surface area contributed by atoms with Gasteiger partial charge in [-0.1, -0.05) is 13.8 Å². The molecule has 0 aliphatic rings. The van der Waals surface area contributed by atoms with Gasteiger partial charge in [0.2, 0.25) is 0 Å².